The molecule has 1 N–H and O–H groups in total. The standard InChI is InChI=1S/C11H21NO3/c1-3-12(7-8-13)10(14)9-11(15-2)5-4-6-11/h13H,3-9H2,1-2H3. The first-order chi connectivity index (χ1) is 7.17. The Morgan fingerprint density at radius 2 is 2.20 bits per heavy atom. The van der Waals surface area contributed by atoms with Gasteiger partial charge in [0.2, 0.25) is 5.91 Å². The number of likely N-dealkylation sites (N-methyl/N-ethyl adjacent to an activating group) is 1. The minimum atomic E-state index is -0.208. The molecular formula is C11H21NO3. The van der Waals surface area contributed by atoms with Crippen LogP contribution in [-0.4, -0.2) is 48.3 Å². The number of nitrogens with zero attached hydrogens (tertiary/aromatic N) is 1. The molecular weight excluding hydrogens is 194 g/mol. The molecule has 4 heteroatoms. The van der Waals surface area contributed by atoms with E-state index in [1.165, 1.54) is 0 Å². The van der Waals surface area contributed by atoms with Crippen molar-refractivity contribution in [1.82, 2.24) is 4.90 Å². The number of carbonyl (C=O) groups excluding carboxylic acids is 1. The van der Waals surface area contributed by atoms with Gasteiger partial charge in [-0.15, -0.1) is 0 Å². The smallest absolute Gasteiger partial charge is 0.225 e. The zero-order chi connectivity index (χ0) is 11.3. The number of aliphatic hydroxyl groups is 1. The zero-order valence-electron chi connectivity index (χ0n) is 9.66. The van der Waals surface area contributed by atoms with Crippen LogP contribution in [-0.2, 0) is 9.53 Å². The highest BCUT2D eigenvalue weighted by Gasteiger charge is 2.39. The molecule has 0 aromatic heterocycles. The second-order valence-corrected chi connectivity index (χ2v) is 4.11. The number of amides is 1. The number of carbonyl (C=O) groups is 1. The molecule has 1 rings (SSSR count). The highest BCUT2D eigenvalue weighted by atomic mass is 16.5. The number of methoxy groups -OCH3 is 1. The summed E-state index contributed by atoms with van der Waals surface area (Å²) in [6.45, 7) is 3.03. The summed E-state index contributed by atoms with van der Waals surface area (Å²) in [5, 5.41) is 8.82. The summed E-state index contributed by atoms with van der Waals surface area (Å²) in [5.41, 5.74) is -0.208. The van der Waals surface area contributed by atoms with Crippen molar-refractivity contribution in [3.63, 3.8) is 0 Å². The topological polar surface area (TPSA) is 49.8 Å². The first kappa shape index (κ1) is 12.5. The van der Waals surface area contributed by atoms with E-state index >= 15 is 0 Å². The Kier molecular flexibility index (Phi) is 4.54. The van der Waals surface area contributed by atoms with Crippen LogP contribution in [0.2, 0.25) is 0 Å². The fraction of sp³-hybridized carbons (Fsp3) is 0.909. The van der Waals surface area contributed by atoms with Crippen LogP contribution >= 0.6 is 0 Å². The summed E-state index contributed by atoms with van der Waals surface area (Å²) in [7, 11) is 1.68. The van der Waals surface area contributed by atoms with Crippen LogP contribution in [0.5, 0.6) is 0 Å². The Morgan fingerprint density at radius 1 is 1.53 bits per heavy atom. The average Bonchev–Trinajstić information content (AvgIpc) is 2.19. The van der Waals surface area contributed by atoms with Crippen LogP contribution in [0.4, 0.5) is 0 Å². The molecule has 1 amide bonds. The predicted octanol–water partition coefficient (Wildman–Crippen LogP) is 0.786. The third-order valence-corrected chi connectivity index (χ3v) is 3.28. The first-order valence-electron chi connectivity index (χ1n) is 5.61. The normalized spacial score (nSPS) is 18.3. The van der Waals surface area contributed by atoms with Crippen molar-refractivity contribution in [2.45, 2.75) is 38.2 Å². The molecule has 1 aliphatic rings. The van der Waals surface area contributed by atoms with Gasteiger partial charge in [-0.2, -0.15) is 0 Å². The number of rotatable bonds is 6. The molecule has 0 aromatic carbocycles. The largest absolute Gasteiger partial charge is 0.395 e. The lowest BCUT2D eigenvalue weighted by molar-refractivity contribution is -0.144. The van der Waals surface area contributed by atoms with E-state index in [-0.39, 0.29) is 18.1 Å². The Balaban J connectivity index is 2.45. The molecule has 1 saturated carbocycles. The van der Waals surface area contributed by atoms with E-state index in [4.69, 9.17) is 9.84 Å². The number of aliphatic hydroxyl groups excluding tert-OH is 1. The van der Waals surface area contributed by atoms with Crippen LogP contribution in [0.3, 0.4) is 0 Å². The Bertz CT molecular complexity index is 208. The van der Waals surface area contributed by atoms with Crippen LogP contribution in [0.15, 0.2) is 0 Å². The van der Waals surface area contributed by atoms with E-state index < -0.39 is 0 Å². The lowest BCUT2D eigenvalue weighted by atomic mass is 9.77. The second-order valence-electron chi connectivity index (χ2n) is 4.11. The van der Waals surface area contributed by atoms with Crippen molar-refractivity contribution in [3.05, 3.63) is 0 Å². The quantitative estimate of drug-likeness (QED) is 0.712. The van der Waals surface area contributed by atoms with Gasteiger partial charge < -0.3 is 14.7 Å². The Labute approximate surface area is 91.2 Å². The summed E-state index contributed by atoms with van der Waals surface area (Å²) >= 11 is 0. The molecule has 0 unspecified atom stereocenters. The van der Waals surface area contributed by atoms with E-state index in [0.717, 1.165) is 19.3 Å². The van der Waals surface area contributed by atoms with Gasteiger partial charge in [-0.05, 0) is 26.2 Å². The minimum absolute atomic E-state index is 0.0273. The second kappa shape index (κ2) is 5.47. The molecule has 88 valence electrons. The van der Waals surface area contributed by atoms with Gasteiger partial charge in [0.05, 0.1) is 18.6 Å². The van der Waals surface area contributed by atoms with E-state index in [1.807, 2.05) is 6.92 Å². The molecule has 0 spiro atoms. The molecule has 4 nitrogen and oxygen atoms in total. The molecule has 1 aliphatic carbocycles. The van der Waals surface area contributed by atoms with Crippen molar-refractivity contribution in [3.8, 4) is 0 Å². The number of hydrogen-bond donors (Lipinski definition) is 1. The van der Waals surface area contributed by atoms with E-state index in [0.29, 0.717) is 19.5 Å². The van der Waals surface area contributed by atoms with Crippen LogP contribution in [0, 0.1) is 0 Å². The van der Waals surface area contributed by atoms with Crippen molar-refractivity contribution in [2.75, 3.05) is 26.8 Å². The van der Waals surface area contributed by atoms with Crippen molar-refractivity contribution in [2.24, 2.45) is 0 Å². The zero-order valence-corrected chi connectivity index (χ0v) is 9.66. The monoisotopic (exact) mass is 215 g/mol. The summed E-state index contributed by atoms with van der Waals surface area (Å²) in [5.74, 6) is 0.0908. The van der Waals surface area contributed by atoms with Gasteiger partial charge in [0.1, 0.15) is 0 Å². The summed E-state index contributed by atoms with van der Waals surface area (Å²) in [4.78, 5) is 13.5. The van der Waals surface area contributed by atoms with Gasteiger partial charge in [-0.3, -0.25) is 4.79 Å². The van der Waals surface area contributed by atoms with Gasteiger partial charge in [0.15, 0.2) is 0 Å². The van der Waals surface area contributed by atoms with Crippen molar-refractivity contribution < 1.29 is 14.6 Å². The fourth-order valence-electron chi connectivity index (χ4n) is 1.99. The van der Waals surface area contributed by atoms with Gasteiger partial charge in [-0.1, -0.05) is 0 Å². The van der Waals surface area contributed by atoms with E-state index in [2.05, 4.69) is 0 Å². The lowest BCUT2D eigenvalue weighted by Gasteiger charge is -2.41. The van der Waals surface area contributed by atoms with Gasteiger partial charge in [0.25, 0.3) is 0 Å². The molecule has 0 aromatic rings. The average molecular weight is 215 g/mol. The van der Waals surface area contributed by atoms with E-state index in [9.17, 15) is 4.79 Å². The van der Waals surface area contributed by atoms with Gasteiger partial charge in [-0.25, -0.2) is 0 Å². The minimum Gasteiger partial charge on any atom is -0.395 e. The molecule has 0 heterocycles. The number of ether oxygens (including phenoxy) is 1. The fourth-order valence-corrected chi connectivity index (χ4v) is 1.99. The Hall–Kier alpha value is -0.610. The van der Waals surface area contributed by atoms with Crippen LogP contribution in [0.1, 0.15) is 32.6 Å². The molecule has 15 heavy (non-hydrogen) atoms. The lowest BCUT2D eigenvalue weighted by Crippen LogP contribution is -2.45. The van der Waals surface area contributed by atoms with Crippen molar-refractivity contribution >= 4 is 5.91 Å². The SMILES string of the molecule is CCN(CCO)C(=O)CC1(OC)CCC1. The first-order valence-corrected chi connectivity index (χ1v) is 5.61. The van der Waals surface area contributed by atoms with Crippen molar-refractivity contribution in [1.29, 1.82) is 0 Å². The third kappa shape index (κ3) is 2.92. The van der Waals surface area contributed by atoms with Crippen LogP contribution < -0.4 is 0 Å². The Morgan fingerprint density at radius 3 is 2.53 bits per heavy atom. The maximum atomic E-state index is 11.9. The summed E-state index contributed by atoms with van der Waals surface area (Å²) < 4.78 is 5.41. The third-order valence-electron chi connectivity index (χ3n) is 3.28. The molecule has 0 radical (unpaired) electrons. The molecule has 0 atom stereocenters. The van der Waals surface area contributed by atoms with Gasteiger partial charge >= 0.3 is 0 Å². The predicted molar refractivity (Wildman–Crippen MR) is 57.5 cm³/mol. The molecule has 0 saturated heterocycles. The highest BCUT2D eigenvalue weighted by Crippen LogP contribution is 2.38. The summed E-state index contributed by atoms with van der Waals surface area (Å²) in [6.07, 6.45) is 3.56. The molecule has 0 bridgehead atoms. The maximum Gasteiger partial charge on any atom is 0.225 e. The molecule has 0 aliphatic heterocycles. The van der Waals surface area contributed by atoms with Crippen LogP contribution in [0.25, 0.3) is 0 Å². The van der Waals surface area contributed by atoms with Gasteiger partial charge in [0, 0.05) is 20.2 Å². The number of hydrogen-bond acceptors (Lipinski definition) is 3. The van der Waals surface area contributed by atoms with E-state index in [1.54, 1.807) is 12.0 Å². The maximum absolute atomic E-state index is 11.9. The molecule has 1 fully saturated rings. The highest BCUT2D eigenvalue weighted by molar-refractivity contribution is 5.77. The summed E-state index contributed by atoms with van der Waals surface area (Å²) in [6, 6.07) is 0.